The largest absolute Gasteiger partial charge is 0.472 e. The number of nitrogens with one attached hydrogen (secondary N) is 1. The highest BCUT2D eigenvalue weighted by Crippen LogP contribution is 2.13. The Morgan fingerprint density at radius 3 is 2.50 bits per heavy atom. The zero-order valence-electron chi connectivity index (χ0n) is 10.1. The van der Waals surface area contributed by atoms with E-state index in [0.717, 1.165) is 23.6 Å². The number of halogens is 2. The van der Waals surface area contributed by atoms with Gasteiger partial charge in [0.2, 0.25) is 0 Å². The molecule has 1 heterocycles. The van der Waals surface area contributed by atoms with Crippen molar-refractivity contribution >= 4 is 0 Å². The van der Waals surface area contributed by atoms with Crippen LogP contribution in [0.3, 0.4) is 0 Å². The maximum absolute atomic E-state index is 13.1. The Bertz CT molecular complexity index is 497. The smallest absolute Gasteiger partial charge is 0.159 e. The molecule has 0 saturated heterocycles. The van der Waals surface area contributed by atoms with Gasteiger partial charge in [-0.25, -0.2) is 8.78 Å². The molecule has 4 heteroatoms. The van der Waals surface area contributed by atoms with Crippen molar-refractivity contribution in [1.29, 1.82) is 0 Å². The third-order valence-electron chi connectivity index (χ3n) is 2.94. The molecule has 0 aliphatic heterocycles. The molecule has 0 saturated carbocycles. The van der Waals surface area contributed by atoms with Gasteiger partial charge in [0.05, 0.1) is 12.5 Å². The first kappa shape index (κ1) is 12.8. The summed E-state index contributed by atoms with van der Waals surface area (Å²) in [6, 6.07) is 6.07. The molecule has 2 aromatic rings. The highest BCUT2D eigenvalue weighted by atomic mass is 19.2. The monoisotopic (exact) mass is 251 g/mol. The van der Waals surface area contributed by atoms with Gasteiger partial charge in [0.25, 0.3) is 0 Å². The summed E-state index contributed by atoms with van der Waals surface area (Å²) in [4.78, 5) is 0. The lowest BCUT2D eigenvalue weighted by Crippen LogP contribution is -2.29. The van der Waals surface area contributed by atoms with Crippen LogP contribution in [0.1, 0.15) is 11.1 Å². The minimum absolute atomic E-state index is 0.160. The van der Waals surface area contributed by atoms with E-state index >= 15 is 0 Å². The van der Waals surface area contributed by atoms with E-state index in [0.29, 0.717) is 6.42 Å². The molecule has 0 amide bonds. The van der Waals surface area contributed by atoms with Crippen molar-refractivity contribution < 1.29 is 13.2 Å². The van der Waals surface area contributed by atoms with Gasteiger partial charge in [-0.15, -0.1) is 0 Å². The van der Waals surface area contributed by atoms with Crippen LogP contribution >= 0.6 is 0 Å². The second-order valence-corrected chi connectivity index (χ2v) is 4.27. The Balaban J connectivity index is 2.03. The Morgan fingerprint density at radius 1 is 1.11 bits per heavy atom. The second-order valence-electron chi connectivity index (χ2n) is 4.27. The van der Waals surface area contributed by atoms with Crippen molar-refractivity contribution in [3.63, 3.8) is 0 Å². The van der Waals surface area contributed by atoms with Crippen LogP contribution in [-0.2, 0) is 12.8 Å². The van der Waals surface area contributed by atoms with E-state index in [4.69, 9.17) is 4.42 Å². The summed E-state index contributed by atoms with van der Waals surface area (Å²) in [6.45, 7) is 0. The number of hydrogen-bond acceptors (Lipinski definition) is 2. The number of likely N-dealkylation sites (N-methyl/N-ethyl adjacent to an activating group) is 1. The molecule has 1 N–H and O–H groups in total. The molecule has 1 unspecified atom stereocenters. The molecule has 2 nitrogen and oxygen atoms in total. The van der Waals surface area contributed by atoms with Crippen LogP contribution in [0, 0.1) is 11.6 Å². The summed E-state index contributed by atoms with van der Waals surface area (Å²) in [5.41, 5.74) is 1.86. The molecule has 2 rings (SSSR count). The lowest BCUT2D eigenvalue weighted by Gasteiger charge is -2.15. The summed E-state index contributed by atoms with van der Waals surface area (Å²) >= 11 is 0. The molecule has 96 valence electrons. The van der Waals surface area contributed by atoms with E-state index in [1.54, 1.807) is 18.6 Å². The van der Waals surface area contributed by atoms with Gasteiger partial charge < -0.3 is 9.73 Å². The second kappa shape index (κ2) is 5.78. The molecule has 1 aromatic heterocycles. The standard InChI is InChI=1S/C14H15F2NO/c1-17-12(7-11-4-5-18-9-11)6-10-2-3-13(15)14(16)8-10/h2-5,8-9,12,17H,6-7H2,1H3. The van der Waals surface area contributed by atoms with Crippen LogP contribution in [0.2, 0.25) is 0 Å². The first-order valence-corrected chi connectivity index (χ1v) is 5.81. The molecule has 0 aliphatic carbocycles. The lowest BCUT2D eigenvalue weighted by atomic mass is 10.0. The van der Waals surface area contributed by atoms with E-state index in [2.05, 4.69) is 5.32 Å². The van der Waals surface area contributed by atoms with Gasteiger partial charge in [-0.2, -0.15) is 0 Å². The van der Waals surface area contributed by atoms with Gasteiger partial charge in [-0.3, -0.25) is 0 Å². The number of furan rings is 1. The van der Waals surface area contributed by atoms with Crippen molar-refractivity contribution in [2.75, 3.05) is 7.05 Å². The summed E-state index contributed by atoms with van der Waals surface area (Å²) in [5.74, 6) is -1.61. The summed E-state index contributed by atoms with van der Waals surface area (Å²) in [5, 5.41) is 3.17. The Hall–Kier alpha value is -1.68. The van der Waals surface area contributed by atoms with Crippen molar-refractivity contribution in [2.24, 2.45) is 0 Å². The van der Waals surface area contributed by atoms with E-state index in [-0.39, 0.29) is 6.04 Å². The molecule has 18 heavy (non-hydrogen) atoms. The van der Waals surface area contributed by atoms with Crippen LogP contribution in [0.5, 0.6) is 0 Å². The fourth-order valence-electron chi connectivity index (χ4n) is 1.92. The number of rotatable bonds is 5. The van der Waals surface area contributed by atoms with E-state index < -0.39 is 11.6 Å². The normalized spacial score (nSPS) is 12.6. The zero-order chi connectivity index (χ0) is 13.0. The Morgan fingerprint density at radius 2 is 1.89 bits per heavy atom. The summed E-state index contributed by atoms with van der Waals surface area (Å²) in [7, 11) is 1.85. The first-order chi connectivity index (χ1) is 8.69. The Labute approximate surface area is 105 Å². The van der Waals surface area contributed by atoms with Crippen molar-refractivity contribution in [1.82, 2.24) is 5.32 Å². The SMILES string of the molecule is CNC(Cc1ccoc1)Cc1ccc(F)c(F)c1. The van der Waals surface area contributed by atoms with E-state index in [1.807, 2.05) is 13.1 Å². The number of hydrogen-bond donors (Lipinski definition) is 1. The maximum atomic E-state index is 13.1. The third kappa shape index (κ3) is 3.17. The molecule has 0 spiro atoms. The van der Waals surface area contributed by atoms with Gasteiger partial charge in [-0.05, 0) is 49.2 Å². The fourth-order valence-corrected chi connectivity index (χ4v) is 1.92. The van der Waals surface area contributed by atoms with E-state index in [9.17, 15) is 8.78 Å². The Kier molecular flexibility index (Phi) is 4.10. The highest BCUT2D eigenvalue weighted by Gasteiger charge is 2.11. The molecule has 1 atom stereocenters. The van der Waals surface area contributed by atoms with E-state index in [1.165, 1.54) is 6.07 Å². The van der Waals surface area contributed by atoms with Crippen LogP contribution in [0.15, 0.2) is 41.2 Å². The van der Waals surface area contributed by atoms with Crippen molar-refractivity contribution in [2.45, 2.75) is 18.9 Å². The third-order valence-corrected chi connectivity index (χ3v) is 2.94. The van der Waals surface area contributed by atoms with Crippen LogP contribution in [-0.4, -0.2) is 13.1 Å². The average molecular weight is 251 g/mol. The zero-order valence-corrected chi connectivity index (χ0v) is 10.1. The lowest BCUT2D eigenvalue weighted by molar-refractivity contribution is 0.502. The molecule has 0 aliphatic rings. The molecule has 1 aromatic carbocycles. The quantitative estimate of drug-likeness (QED) is 0.883. The van der Waals surface area contributed by atoms with Gasteiger partial charge in [-0.1, -0.05) is 6.07 Å². The molecular weight excluding hydrogens is 236 g/mol. The van der Waals surface area contributed by atoms with Gasteiger partial charge in [0, 0.05) is 6.04 Å². The summed E-state index contributed by atoms with van der Waals surface area (Å²) in [6.07, 6.45) is 4.74. The fraction of sp³-hybridized carbons (Fsp3) is 0.286. The molecule has 0 fully saturated rings. The first-order valence-electron chi connectivity index (χ1n) is 5.81. The molecular formula is C14H15F2NO. The number of benzene rings is 1. The molecule has 0 bridgehead atoms. The van der Waals surface area contributed by atoms with Crippen molar-refractivity contribution in [3.8, 4) is 0 Å². The topological polar surface area (TPSA) is 25.2 Å². The summed E-state index contributed by atoms with van der Waals surface area (Å²) < 4.78 is 30.9. The predicted octanol–water partition coefficient (Wildman–Crippen LogP) is 2.93. The highest BCUT2D eigenvalue weighted by molar-refractivity contribution is 5.19. The minimum atomic E-state index is -0.811. The van der Waals surface area contributed by atoms with Crippen molar-refractivity contribution in [3.05, 3.63) is 59.6 Å². The van der Waals surface area contributed by atoms with Crippen LogP contribution in [0.4, 0.5) is 8.78 Å². The molecule has 0 radical (unpaired) electrons. The van der Waals surface area contributed by atoms with Crippen LogP contribution in [0.25, 0.3) is 0 Å². The average Bonchev–Trinajstić information content (AvgIpc) is 2.86. The predicted molar refractivity (Wildman–Crippen MR) is 65.3 cm³/mol. The van der Waals surface area contributed by atoms with Gasteiger partial charge >= 0.3 is 0 Å². The minimum Gasteiger partial charge on any atom is -0.472 e. The van der Waals surface area contributed by atoms with Gasteiger partial charge in [0.1, 0.15) is 0 Å². The maximum Gasteiger partial charge on any atom is 0.159 e. The van der Waals surface area contributed by atoms with Crippen LogP contribution < -0.4 is 5.32 Å². The van der Waals surface area contributed by atoms with Gasteiger partial charge in [0.15, 0.2) is 11.6 Å².